The fourth-order valence-electron chi connectivity index (χ4n) is 2.65. The van der Waals surface area contributed by atoms with Crippen LogP contribution in [0.5, 0.6) is 0 Å². The van der Waals surface area contributed by atoms with E-state index in [0.29, 0.717) is 22.4 Å². The number of nitrogens with zero attached hydrogens (tertiary/aromatic N) is 1. The van der Waals surface area contributed by atoms with Crippen molar-refractivity contribution < 1.29 is 18.0 Å². The zero-order valence-corrected chi connectivity index (χ0v) is 16.8. The van der Waals surface area contributed by atoms with E-state index in [-0.39, 0.29) is 16.6 Å². The Morgan fingerprint density at radius 2 is 1.24 bits per heavy atom. The molecule has 3 aromatic carbocycles. The minimum absolute atomic E-state index is 0.116. The average molecular weight is 408 g/mol. The van der Waals surface area contributed by atoms with Crippen LogP contribution in [0.2, 0.25) is 0 Å². The lowest BCUT2D eigenvalue weighted by Gasteiger charge is -2.12. The van der Waals surface area contributed by atoms with Gasteiger partial charge in [0.25, 0.3) is 5.91 Å². The van der Waals surface area contributed by atoms with Crippen molar-refractivity contribution in [3.63, 3.8) is 0 Å². The first-order valence-corrected chi connectivity index (χ1v) is 10.3. The molecular weight excluding hydrogens is 388 g/mol. The van der Waals surface area contributed by atoms with Crippen LogP contribution >= 0.6 is 0 Å². The molecule has 0 atom stereocenters. The third kappa shape index (κ3) is 4.59. The fourth-order valence-corrected chi connectivity index (χ4v) is 3.56. The maximum atomic E-state index is 12.4. The lowest BCUT2D eigenvalue weighted by atomic mass is 10.0. The number of hydrogen-bond donors (Lipinski definition) is 1. The van der Waals surface area contributed by atoms with Crippen LogP contribution in [0.4, 0.5) is 5.69 Å². The number of carbonyl (C=O) groups excluding carboxylic acids is 2. The largest absolute Gasteiger partial charge is 0.322 e. The van der Waals surface area contributed by atoms with Crippen molar-refractivity contribution in [1.82, 2.24) is 4.31 Å². The molecule has 0 aliphatic rings. The second kappa shape index (κ2) is 8.38. The summed E-state index contributed by atoms with van der Waals surface area (Å²) in [4.78, 5) is 25.0. The number of benzene rings is 3. The van der Waals surface area contributed by atoms with Gasteiger partial charge in [-0.2, -0.15) is 0 Å². The first kappa shape index (κ1) is 20.4. The van der Waals surface area contributed by atoms with E-state index in [9.17, 15) is 18.0 Å². The molecule has 0 bridgehead atoms. The number of hydrogen-bond acceptors (Lipinski definition) is 4. The predicted molar refractivity (Wildman–Crippen MR) is 112 cm³/mol. The summed E-state index contributed by atoms with van der Waals surface area (Å²) in [7, 11) is -0.610. The summed E-state index contributed by atoms with van der Waals surface area (Å²) in [6.07, 6.45) is 0. The number of carbonyl (C=O) groups is 2. The molecule has 29 heavy (non-hydrogen) atoms. The Bertz CT molecular complexity index is 1120. The van der Waals surface area contributed by atoms with E-state index in [1.807, 2.05) is 6.07 Å². The summed E-state index contributed by atoms with van der Waals surface area (Å²) >= 11 is 0. The molecule has 0 saturated heterocycles. The van der Waals surface area contributed by atoms with E-state index in [2.05, 4.69) is 5.32 Å². The molecule has 6 nitrogen and oxygen atoms in total. The summed E-state index contributed by atoms with van der Waals surface area (Å²) in [6, 6.07) is 21.2. The number of sulfonamides is 1. The Labute approximate surface area is 169 Å². The fraction of sp³-hybridized carbons (Fsp3) is 0.0909. The van der Waals surface area contributed by atoms with Crippen LogP contribution in [0.3, 0.4) is 0 Å². The van der Waals surface area contributed by atoms with E-state index < -0.39 is 10.0 Å². The van der Waals surface area contributed by atoms with Gasteiger partial charge in [-0.15, -0.1) is 0 Å². The highest BCUT2D eigenvalue weighted by Gasteiger charge is 2.17. The summed E-state index contributed by atoms with van der Waals surface area (Å²) in [5.74, 6) is -0.470. The Balaban J connectivity index is 1.71. The second-order valence-electron chi connectivity index (χ2n) is 6.54. The van der Waals surface area contributed by atoms with Crippen molar-refractivity contribution in [2.24, 2.45) is 0 Å². The zero-order chi connectivity index (χ0) is 21.0. The molecule has 1 N–H and O–H groups in total. The van der Waals surface area contributed by atoms with Gasteiger partial charge in [-0.05, 0) is 36.4 Å². The van der Waals surface area contributed by atoms with E-state index in [4.69, 9.17) is 0 Å². The topological polar surface area (TPSA) is 83.6 Å². The van der Waals surface area contributed by atoms with Crippen molar-refractivity contribution >= 4 is 27.4 Å². The second-order valence-corrected chi connectivity index (χ2v) is 8.69. The highest BCUT2D eigenvalue weighted by Crippen LogP contribution is 2.18. The van der Waals surface area contributed by atoms with Gasteiger partial charge in [0, 0.05) is 36.5 Å². The van der Waals surface area contributed by atoms with Crippen molar-refractivity contribution in [3.8, 4) is 0 Å². The molecule has 1 amide bonds. The normalized spacial score (nSPS) is 11.3. The van der Waals surface area contributed by atoms with Gasteiger partial charge in [0.15, 0.2) is 5.78 Å². The summed E-state index contributed by atoms with van der Waals surface area (Å²) in [5.41, 5.74) is 1.93. The number of rotatable bonds is 6. The van der Waals surface area contributed by atoms with Crippen LogP contribution < -0.4 is 5.32 Å². The molecule has 0 aliphatic carbocycles. The zero-order valence-electron chi connectivity index (χ0n) is 16.0. The molecule has 0 aliphatic heterocycles. The minimum atomic E-state index is -3.52. The third-order valence-corrected chi connectivity index (χ3v) is 6.17. The van der Waals surface area contributed by atoms with Crippen molar-refractivity contribution in [1.29, 1.82) is 0 Å². The van der Waals surface area contributed by atoms with Crippen molar-refractivity contribution in [2.75, 3.05) is 19.4 Å². The summed E-state index contributed by atoms with van der Waals surface area (Å²) < 4.78 is 25.3. The minimum Gasteiger partial charge on any atom is -0.322 e. The Morgan fingerprint density at radius 1 is 0.724 bits per heavy atom. The van der Waals surface area contributed by atoms with Crippen molar-refractivity contribution in [3.05, 3.63) is 95.6 Å². The maximum absolute atomic E-state index is 12.4. The lowest BCUT2D eigenvalue weighted by molar-refractivity contribution is 0.102. The number of anilines is 1. The molecule has 0 unspecified atom stereocenters. The molecule has 148 valence electrons. The molecule has 7 heteroatoms. The van der Waals surface area contributed by atoms with Gasteiger partial charge in [0.2, 0.25) is 10.0 Å². The molecule has 3 rings (SSSR count). The SMILES string of the molecule is CN(C)S(=O)(=O)c1ccc(NC(=O)c2ccc(C(=O)c3ccccc3)cc2)cc1. The highest BCUT2D eigenvalue weighted by atomic mass is 32.2. The summed E-state index contributed by atoms with van der Waals surface area (Å²) in [6.45, 7) is 0. The number of nitrogens with one attached hydrogen (secondary N) is 1. The maximum Gasteiger partial charge on any atom is 0.255 e. The van der Waals surface area contributed by atoms with E-state index >= 15 is 0 Å². The Kier molecular flexibility index (Phi) is 5.91. The van der Waals surface area contributed by atoms with Crippen LogP contribution in [0, 0.1) is 0 Å². The molecule has 0 radical (unpaired) electrons. The monoisotopic (exact) mass is 408 g/mol. The van der Waals surface area contributed by atoms with Gasteiger partial charge in [-0.3, -0.25) is 9.59 Å². The van der Waals surface area contributed by atoms with Gasteiger partial charge in [0.1, 0.15) is 0 Å². The first-order valence-electron chi connectivity index (χ1n) is 8.83. The first-order chi connectivity index (χ1) is 13.8. The molecule has 0 saturated carbocycles. The summed E-state index contributed by atoms with van der Waals surface area (Å²) in [5, 5.41) is 2.71. The molecular formula is C22H20N2O4S. The van der Waals surface area contributed by atoms with E-state index in [1.165, 1.54) is 38.4 Å². The van der Waals surface area contributed by atoms with Crippen LogP contribution in [-0.4, -0.2) is 38.5 Å². The van der Waals surface area contributed by atoms with E-state index in [0.717, 1.165) is 4.31 Å². The molecule has 3 aromatic rings. The number of amides is 1. The van der Waals surface area contributed by atoms with Crippen LogP contribution in [0.25, 0.3) is 0 Å². The van der Waals surface area contributed by atoms with E-state index in [1.54, 1.807) is 48.5 Å². The smallest absolute Gasteiger partial charge is 0.255 e. The van der Waals surface area contributed by atoms with Gasteiger partial charge >= 0.3 is 0 Å². The highest BCUT2D eigenvalue weighted by molar-refractivity contribution is 7.89. The van der Waals surface area contributed by atoms with Gasteiger partial charge in [-0.25, -0.2) is 12.7 Å². The standard InChI is InChI=1S/C22H20N2O4S/c1-24(2)29(27,28)20-14-12-19(13-15-20)23-22(26)18-10-8-17(9-11-18)21(25)16-6-4-3-5-7-16/h3-15H,1-2H3,(H,23,26). The van der Waals surface area contributed by atoms with Gasteiger partial charge in [0.05, 0.1) is 4.90 Å². The molecule has 0 spiro atoms. The van der Waals surface area contributed by atoms with Gasteiger partial charge in [-0.1, -0.05) is 42.5 Å². The third-order valence-electron chi connectivity index (χ3n) is 4.34. The van der Waals surface area contributed by atoms with Crippen molar-refractivity contribution in [2.45, 2.75) is 4.90 Å². The van der Waals surface area contributed by atoms with Crippen LogP contribution in [0.1, 0.15) is 26.3 Å². The quantitative estimate of drug-likeness (QED) is 0.634. The average Bonchev–Trinajstić information content (AvgIpc) is 2.74. The molecule has 0 heterocycles. The Hall–Kier alpha value is -3.29. The van der Waals surface area contributed by atoms with Crippen LogP contribution in [0.15, 0.2) is 83.8 Å². The lowest BCUT2D eigenvalue weighted by Crippen LogP contribution is -2.22. The van der Waals surface area contributed by atoms with Crippen LogP contribution in [-0.2, 0) is 10.0 Å². The molecule has 0 fully saturated rings. The number of ketones is 1. The Morgan fingerprint density at radius 3 is 1.79 bits per heavy atom. The molecule has 0 aromatic heterocycles. The van der Waals surface area contributed by atoms with Gasteiger partial charge < -0.3 is 5.32 Å². The predicted octanol–water partition coefficient (Wildman–Crippen LogP) is 3.42.